The molecule has 41 heavy (non-hydrogen) atoms. The predicted octanol–water partition coefficient (Wildman–Crippen LogP) is 6.95. The van der Waals surface area contributed by atoms with E-state index in [1.807, 2.05) is 32.1 Å². The van der Waals surface area contributed by atoms with Crippen molar-refractivity contribution in [3.8, 4) is 0 Å². The lowest BCUT2D eigenvalue weighted by Crippen LogP contribution is -2.18. The number of nitrogens with zero attached hydrogens (tertiary/aromatic N) is 3. The van der Waals surface area contributed by atoms with Crippen LogP contribution in [-0.2, 0) is 4.79 Å². The first-order valence-electron chi connectivity index (χ1n) is 14.4. The average Bonchev–Trinajstić information content (AvgIpc) is 3.65. The molecule has 7 heteroatoms. The predicted molar refractivity (Wildman–Crippen MR) is 164 cm³/mol. The third-order valence-corrected chi connectivity index (χ3v) is 9.37. The monoisotopic (exact) mass is 548 g/mol. The SMILES string of the molecule is C=CC1=C(C)C2=NC1=CC1=NC(=CC3=C(C)C4=C(O)[C@H](C)C(=C5NC(=C2)[C@@H](C)[C@@H]5CCC(=O)O)C4=N3)C(CC)=C1C. The van der Waals surface area contributed by atoms with Crippen LogP contribution in [-0.4, -0.2) is 33.3 Å². The lowest BCUT2D eigenvalue weighted by Gasteiger charge is -2.19. The van der Waals surface area contributed by atoms with E-state index in [1.54, 1.807) is 0 Å². The molecule has 5 aliphatic heterocycles. The fourth-order valence-electron chi connectivity index (χ4n) is 6.92. The van der Waals surface area contributed by atoms with Gasteiger partial charge in [-0.1, -0.05) is 33.4 Å². The van der Waals surface area contributed by atoms with Gasteiger partial charge in [0, 0.05) is 52.3 Å². The molecule has 1 saturated heterocycles. The third kappa shape index (κ3) is 4.01. The Balaban J connectivity index is 1.64. The number of hydrogen-bond donors (Lipinski definition) is 3. The minimum atomic E-state index is -0.820. The summed E-state index contributed by atoms with van der Waals surface area (Å²) in [4.78, 5) is 26.8. The highest BCUT2D eigenvalue weighted by Crippen LogP contribution is 2.48. The van der Waals surface area contributed by atoms with Crippen LogP contribution < -0.4 is 5.32 Å². The van der Waals surface area contributed by atoms with Gasteiger partial charge < -0.3 is 15.5 Å². The van der Waals surface area contributed by atoms with Gasteiger partial charge in [-0.2, -0.15) is 0 Å². The van der Waals surface area contributed by atoms with Crippen LogP contribution in [0.5, 0.6) is 0 Å². The number of aliphatic imine (C=N–C) groups is 3. The Morgan fingerprint density at radius 3 is 2.41 bits per heavy atom. The largest absolute Gasteiger partial charge is 0.511 e. The second kappa shape index (κ2) is 9.68. The van der Waals surface area contributed by atoms with Crippen LogP contribution in [0.1, 0.15) is 60.8 Å². The summed E-state index contributed by atoms with van der Waals surface area (Å²) in [6.07, 6.45) is 9.37. The molecule has 0 aromatic carbocycles. The molecule has 3 atom stereocenters. The third-order valence-electron chi connectivity index (χ3n) is 9.37. The van der Waals surface area contributed by atoms with Gasteiger partial charge in [0.05, 0.1) is 34.2 Å². The molecule has 0 radical (unpaired) electrons. The summed E-state index contributed by atoms with van der Waals surface area (Å²) in [6.45, 7) is 16.5. The first kappa shape index (κ1) is 26.9. The van der Waals surface area contributed by atoms with Crippen molar-refractivity contribution in [2.24, 2.45) is 32.7 Å². The van der Waals surface area contributed by atoms with Crippen molar-refractivity contribution in [1.29, 1.82) is 0 Å². The number of aliphatic hydroxyl groups is 1. The molecule has 6 aliphatic rings. The summed E-state index contributed by atoms with van der Waals surface area (Å²) in [7, 11) is 0. The maximum Gasteiger partial charge on any atom is 0.303 e. The Morgan fingerprint density at radius 2 is 1.73 bits per heavy atom. The van der Waals surface area contributed by atoms with E-state index in [4.69, 9.17) is 15.0 Å². The summed E-state index contributed by atoms with van der Waals surface area (Å²) in [5, 5.41) is 24.6. The first-order valence-corrected chi connectivity index (χ1v) is 14.4. The highest BCUT2D eigenvalue weighted by atomic mass is 16.4. The molecule has 1 aliphatic carbocycles. The smallest absolute Gasteiger partial charge is 0.303 e. The molecule has 3 N–H and O–H groups in total. The van der Waals surface area contributed by atoms with Crippen molar-refractivity contribution in [2.45, 2.75) is 60.8 Å². The molecule has 5 heterocycles. The fraction of sp³-hybridized carbons (Fsp3) is 0.353. The molecule has 210 valence electrons. The van der Waals surface area contributed by atoms with Crippen molar-refractivity contribution < 1.29 is 15.0 Å². The summed E-state index contributed by atoms with van der Waals surface area (Å²) in [5.74, 6) is -0.815. The minimum Gasteiger partial charge on any atom is -0.511 e. The summed E-state index contributed by atoms with van der Waals surface area (Å²) >= 11 is 0. The molecule has 0 amide bonds. The van der Waals surface area contributed by atoms with E-state index in [9.17, 15) is 15.0 Å². The van der Waals surface area contributed by atoms with Crippen LogP contribution in [0.2, 0.25) is 0 Å². The average molecular weight is 549 g/mol. The highest BCUT2D eigenvalue weighted by Gasteiger charge is 2.44. The number of nitrogens with one attached hydrogen (secondary N) is 1. The van der Waals surface area contributed by atoms with Crippen LogP contribution in [0.25, 0.3) is 0 Å². The Kier molecular flexibility index (Phi) is 6.36. The number of carboxylic acid groups (broad SMARTS) is 1. The number of aliphatic hydroxyl groups excluding tert-OH is 1. The Morgan fingerprint density at radius 1 is 1.02 bits per heavy atom. The van der Waals surface area contributed by atoms with Gasteiger partial charge >= 0.3 is 5.97 Å². The van der Waals surface area contributed by atoms with E-state index >= 15 is 0 Å². The van der Waals surface area contributed by atoms with Crippen LogP contribution in [0.4, 0.5) is 0 Å². The summed E-state index contributed by atoms with van der Waals surface area (Å²) < 4.78 is 0. The van der Waals surface area contributed by atoms with E-state index in [-0.39, 0.29) is 24.2 Å². The van der Waals surface area contributed by atoms with E-state index in [0.29, 0.717) is 12.2 Å². The lowest BCUT2D eigenvalue weighted by molar-refractivity contribution is -0.137. The molecular weight excluding hydrogens is 512 g/mol. The fourth-order valence-corrected chi connectivity index (χ4v) is 6.92. The Bertz CT molecular complexity index is 1690. The van der Waals surface area contributed by atoms with Crippen molar-refractivity contribution in [3.63, 3.8) is 0 Å². The summed E-state index contributed by atoms with van der Waals surface area (Å²) in [5.41, 5.74) is 13.9. The molecular formula is C34H36N4O3. The zero-order valence-electron chi connectivity index (χ0n) is 24.5. The van der Waals surface area contributed by atoms with E-state index < -0.39 is 5.97 Å². The van der Waals surface area contributed by atoms with Crippen molar-refractivity contribution >= 4 is 23.1 Å². The number of rotatable bonds is 5. The van der Waals surface area contributed by atoms with Gasteiger partial charge in [-0.25, -0.2) is 15.0 Å². The number of carbonyl (C=O) groups is 1. The van der Waals surface area contributed by atoms with Gasteiger partial charge in [0.2, 0.25) is 0 Å². The van der Waals surface area contributed by atoms with Gasteiger partial charge in [-0.15, -0.1) is 0 Å². The first-order chi connectivity index (χ1) is 19.5. The van der Waals surface area contributed by atoms with E-state index in [1.165, 1.54) is 0 Å². The lowest BCUT2D eigenvalue weighted by atomic mass is 9.84. The van der Waals surface area contributed by atoms with Gasteiger partial charge in [0.25, 0.3) is 0 Å². The number of allylic oxidation sites excluding steroid dienone is 12. The topological polar surface area (TPSA) is 107 Å². The van der Waals surface area contributed by atoms with Crippen molar-refractivity contribution in [2.75, 3.05) is 0 Å². The molecule has 8 bridgehead atoms. The molecule has 0 aromatic rings. The highest BCUT2D eigenvalue weighted by molar-refractivity contribution is 6.21. The number of hydrogen-bond acceptors (Lipinski definition) is 6. The minimum absolute atomic E-state index is 0.0250. The van der Waals surface area contributed by atoms with Crippen LogP contribution in [0, 0.1) is 17.8 Å². The Labute approximate surface area is 241 Å². The van der Waals surface area contributed by atoms with Gasteiger partial charge in [-0.3, -0.25) is 4.79 Å². The normalized spacial score (nSPS) is 26.8. The second-order valence-corrected chi connectivity index (χ2v) is 11.6. The van der Waals surface area contributed by atoms with Gasteiger partial charge in [0.1, 0.15) is 5.76 Å². The number of carboxylic acids is 1. The zero-order valence-corrected chi connectivity index (χ0v) is 24.5. The molecule has 0 spiro atoms. The number of fused-ring (bicyclic) bond motifs is 5. The standard InChI is InChI=1S/C34H36N4O3/c1-8-20-15(3)23-12-25-17(5)22(10-11-29(39)40)32(37-25)30-19(7)34(41)31-18(6)26(38-33(30)31)14-28-21(9-2)16(4)24(36-28)13-27(20)35-23/h8,12-14,17,19,22,37,41H,1,9-11H2,2-7H3,(H,39,40)/t17-,19+,22-/m0/s1. The molecule has 0 aromatic heterocycles. The summed E-state index contributed by atoms with van der Waals surface area (Å²) in [6, 6.07) is 0. The van der Waals surface area contributed by atoms with E-state index in [2.05, 4.69) is 45.7 Å². The Hall–Kier alpha value is -4.26. The zero-order chi connectivity index (χ0) is 29.3. The van der Waals surface area contributed by atoms with Gasteiger partial charge in [-0.05, 0) is 74.1 Å². The van der Waals surface area contributed by atoms with Crippen LogP contribution in [0.15, 0.2) is 119 Å². The second-order valence-electron chi connectivity index (χ2n) is 11.6. The maximum atomic E-state index is 11.6. The van der Waals surface area contributed by atoms with Crippen molar-refractivity contribution in [1.82, 2.24) is 5.32 Å². The van der Waals surface area contributed by atoms with Crippen LogP contribution in [0.3, 0.4) is 0 Å². The van der Waals surface area contributed by atoms with Crippen LogP contribution >= 0.6 is 0 Å². The molecule has 0 unspecified atom stereocenters. The quantitative estimate of drug-likeness (QED) is 0.345. The van der Waals surface area contributed by atoms with Gasteiger partial charge in [0.15, 0.2) is 0 Å². The maximum absolute atomic E-state index is 11.6. The van der Waals surface area contributed by atoms with Crippen molar-refractivity contribution in [3.05, 3.63) is 104 Å². The molecule has 1 fully saturated rings. The van der Waals surface area contributed by atoms with E-state index in [0.717, 1.165) is 91.1 Å². The molecule has 0 saturated carbocycles. The number of aliphatic carboxylic acids is 1. The molecule has 7 nitrogen and oxygen atoms in total. The molecule has 6 rings (SSSR count).